The van der Waals surface area contributed by atoms with Crippen molar-refractivity contribution >= 4 is 11.9 Å². The van der Waals surface area contributed by atoms with Gasteiger partial charge in [0.05, 0.1) is 31.3 Å². The number of hydrogen-bond donors (Lipinski definition) is 0. The Labute approximate surface area is 189 Å². The summed E-state index contributed by atoms with van der Waals surface area (Å²) in [6, 6.07) is 17.3. The van der Waals surface area contributed by atoms with Crippen LogP contribution in [0.15, 0.2) is 78.1 Å². The molecule has 0 unspecified atom stereocenters. The van der Waals surface area contributed by atoms with Crippen molar-refractivity contribution in [2.24, 2.45) is 5.92 Å². The maximum absolute atomic E-state index is 12.7. The molecule has 2 aromatic rings. The van der Waals surface area contributed by atoms with Crippen LogP contribution in [0.4, 0.5) is 0 Å². The summed E-state index contributed by atoms with van der Waals surface area (Å²) in [5.74, 6) is -0.641. The van der Waals surface area contributed by atoms with Crippen LogP contribution in [0.3, 0.4) is 0 Å². The Balaban J connectivity index is 1.97. The predicted molar refractivity (Wildman–Crippen MR) is 122 cm³/mol. The smallest absolute Gasteiger partial charge is 0.336 e. The van der Waals surface area contributed by atoms with Gasteiger partial charge >= 0.3 is 11.9 Å². The molecule has 0 saturated carbocycles. The lowest BCUT2D eigenvalue weighted by Gasteiger charge is -2.31. The summed E-state index contributed by atoms with van der Waals surface area (Å²) < 4.78 is 16.1. The summed E-state index contributed by atoms with van der Waals surface area (Å²) in [6.45, 7) is 5.19. The molecule has 0 bridgehead atoms. The highest BCUT2D eigenvalue weighted by Crippen LogP contribution is 2.38. The first-order valence-corrected chi connectivity index (χ1v) is 10.6. The van der Waals surface area contributed by atoms with Gasteiger partial charge in [0.1, 0.15) is 12.4 Å². The van der Waals surface area contributed by atoms with Crippen molar-refractivity contribution in [3.05, 3.63) is 89.3 Å². The first kappa shape index (κ1) is 23.1. The second-order valence-corrected chi connectivity index (χ2v) is 8.02. The number of carbonyl (C=O) groups is 2. The lowest BCUT2D eigenvalue weighted by atomic mass is 9.83. The van der Waals surface area contributed by atoms with Crippen LogP contribution in [-0.4, -0.2) is 37.6 Å². The van der Waals surface area contributed by atoms with E-state index in [1.165, 1.54) is 14.2 Å². The maximum Gasteiger partial charge on any atom is 0.336 e. The minimum Gasteiger partial charge on any atom is -0.489 e. The average Bonchev–Trinajstić information content (AvgIpc) is 2.81. The molecule has 0 saturated heterocycles. The lowest BCUT2D eigenvalue weighted by molar-refractivity contribution is -0.137. The Bertz CT molecular complexity index is 976. The molecule has 6 nitrogen and oxygen atoms in total. The molecule has 2 aromatic carbocycles. The normalized spacial score (nSPS) is 14.0. The van der Waals surface area contributed by atoms with Crippen LogP contribution in [-0.2, 0) is 25.7 Å². The van der Waals surface area contributed by atoms with Crippen molar-refractivity contribution in [3.8, 4) is 5.75 Å². The van der Waals surface area contributed by atoms with Crippen LogP contribution in [0.2, 0.25) is 0 Å². The summed E-state index contributed by atoms with van der Waals surface area (Å²) in [7, 11) is 2.67. The number of methoxy groups -OCH3 is 2. The Hall–Kier alpha value is -3.54. The van der Waals surface area contributed by atoms with Gasteiger partial charge in [0, 0.05) is 18.9 Å². The highest BCUT2D eigenvalue weighted by Gasteiger charge is 2.35. The third-order valence-corrected chi connectivity index (χ3v) is 5.09. The van der Waals surface area contributed by atoms with Gasteiger partial charge in [0.25, 0.3) is 0 Å². The summed E-state index contributed by atoms with van der Waals surface area (Å²) in [4.78, 5) is 27.3. The number of nitrogens with zero attached hydrogens (tertiary/aromatic N) is 1. The molecule has 168 valence electrons. The van der Waals surface area contributed by atoms with E-state index >= 15 is 0 Å². The summed E-state index contributed by atoms with van der Waals surface area (Å²) in [5.41, 5.74) is 2.53. The van der Waals surface area contributed by atoms with Gasteiger partial charge in [0.2, 0.25) is 0 Å². The fourth-order valence-electron chi connectivity index (χ4n) is 3.70. The zero-order valence-electron chi connectivity index (χ0n) is 18.9. The van der Waals surface area contributed by atoms with Crippen LogP contribution in [0.5, 0.6) is 5.75 Å². The van der Waals surface area contributed by atoms with E-state index in [0.717, 1.165) is 11.1 Å². The van der Waals surface area contributed by atoms with Gasteiger partial charge in [-0.2, -0.15) is 0 Å². The summed E-state index contributed by atoms with van der Waals surface area (Å²) in [5, 5.41) is 0. The van der Waals surface area contributed by atoms with E-state index in [1.54, 1.807) is 12.4 Å². The van der Waals surface area contributed by atoms with E-state index in [1.807, 2.05) is 59.5 Å². The van der Waals surface area contributed by atoms with Gasteiger partial charge < -0.3 is 19.1 Å². The van der Waals surface area contributed by atoms with Crippen molar-refractivity contribution in [2.75, 3.05) is 20.8 Å². The largest absolute Gasteiger partial charge is 0.489 e. The second-order valence-electron chi connectivity index (χ2n) is 8.02. The van der Waals surface area contributed by atoms with Gasteiger partial charge in [-0.05, 0) is 29.2 Å². The number of rotatable bonds is 8. The van der Waals surface area contributed by atoms with E-state index in [4.69, 9.17) is 14.2 Å². The molecule has 0 aliphatic carbocycles. The highest BCUT2D eigenvalue weighted by molar-refractivity contribution is 5.98. The van der Waals surface area contributed by atoms with E-state index in [9.17, 15) is 9.59 Å². The third-order valence-electron chi connectivity index (χ3n) is 5.09. The molecule has 0 aromatic heterocycles. The number of hydrogen-bond acceptors (Lipinski definition) is 6. The quantitative estimate of drug-likeness (QED) is 0.572. The number of carbonyl (C=O) groups excluding carboxylic acids is 2. The average molecular weight is 436 g/mol. The molecule has 3 rings (SSSR count). The zero-order valence-corrected chi connectivity index (χ0v) is 18.9. The molecule has 0 amide bonds. The van der Waals surface area contributed by atoms with Crippen molar-refractivity contribution in [1.29, 1.82) is 0 Å². The van der Waals surface area contributed by atoms with Gasteiger partial charge in [-0.3, -0.25) is 0 Å². The van der Waals surface area contributed by atoms with Crippen molar-refractivity contribution < 1.29 is 23.8 Å². The van der Waals surface area contributed by atoms with Crippen LogP contribution in [0.1, 0.15) is 30.9 Å². The molecule has 0 N–H and O–H groups in total. The van der Waals surface area contributed by atoms with Crippen LogP contribution in [0, 0.1) is 5.92 Å². The molecular weight excluding hydrogens is 406 g/mol. The van der Waals surface area contributed by atoms with Crippen LogP contribution < -0.4 is 4.74 Å². The fraction of sp³-hybridized carbons (Fsp3) is 0.308. The van der Waals surface area contributed by atoms with E-state index < -0.39 is 17.9 Å². The molecule has 1 aliphatic rings. The molecule has 0 spiro atoms. The van der Waals surface area contributed by atoms with Crippen molar-refractivity contribution in [1.82, 2.24) is 4.90 Å². The summed E-state index contributed by atoms with van der Waals surface area (Å²) >= 11 is 0. The minimum atomic E-state index is -0.626. The van der Waals surface area contributed by atoms with Crippen molar-refractivity contribution in [3.63, 3.8) is 0 Å². The Morgan fingerprint density at radius 3 is 2.09 bits per heavy atom. The first-order valence-electron chi connectivity index (χ1n) is 10.6. The molecular formula is C26H29NO5. The fourth-order valence-corrected chi connectivity index (χ4v) is 3.70. The predicted octanol–water partition coefficient (Wildman–Crippen LogP) is 4.43. The first-order chi connectivity index (χ1) is 15.4. The molecule has 0 radical (unpaired) electrons. The second kappa shape index (κ2) is 10.7. The van der Waals surface area contributed by atoms with Gasteiger partial charge in [-0.15, -0.1) is 0 Å². The zero-order chi connectivity index (χ0) is 23.1. The summed E-state index contributed by atoms with van der Waals surface area (Å²) in [6.07, 6.45) is 3.50. The molecule has 1 aliphatic heterocycles. The molecule has 0 fully saturated rings. The minimum absolute atomic E-state index is 0.326. The van der Waals surface area contributed by atoms with Gasteiger partial charge in [-0.1, -0.05) is 56.3 Å². The van der Waals surface area contributed by atoms with Gasteiger partial charge in [0.15, 0.2) is 0 Å². The van der Waals surface area contributed by atoms with Crippen LogP contribution >= 0.6 is 0 Å². The number of ether oxygens (including phenoxy) is 3. The van der Waals surface area contributed by atoms with Crippen LogP contribution in [0.25, 0.3) is 0 Å². The SMILES string of the molecule is COC(=O)C1=CN(CC(C)C)C=C(C(=O)OC)C1c1cccc(OCc2ccccc2)c1. The molecule has 6 heteroatoms. The molecule has 32 heavy (non-hydrogen) atoms. The third kappa shape index (κ3) is 5.58. The van der Waals surface area contributed by atoms with Gasteiger partial charge in [-0.25, -0.2) is 9.59 Å². The Kier molecular flexibility index (Phi) is 7.71. The topological polar surface area (TPSA) is 65.1 Å². The Morgan fingerprint density at radius 1 is 0.906 bits per heavy atom. The van der Waals surface area contributed by atoms with E-state index in [0.29, 0.717) is 36.0 Å². The molecule has 1 heterocycles. The standard InChI is InChI=1S/C26H29NO5/c1-18(2)14-27-15-22(25(28)30-3)24(23(16-27)26(29)31-4)20-11-8-12-21(13-20)32-17-19-9-6-5-7-10-19/h5-13,15-16,18,24H,14,17H2,1-4H3. The monoisotopic (exact) mass is 435 g/mol. The molecule has 0 atom stereocenters. The van der Waals surface area contributed by atoms with E-state index in [2.05, 4.69) is 13.8 Å². The van der Waals surface area contributed by atoms with Crippen molar-refractivity contribution in [2.45, 2.75) is 26.4 Å². The maximum atomic E-state index is 12.7. The Morgan fingerprint density at radius 2 is 1.53 bits per heavy atom. The van der Waals surface area contributed by atoms with E-state index in [-0.39, 0.29) is 0 Å². The number of esters is 2. The highest BCUT2D eigenvalue weighted by atomic mass is 16.5. The lowest BCUT2D eigenvalue weighted by Crippen LogP contribution is -2.30. The number of benzene rings is 2.